The van der Waals surface area contributed by atoms with Crippen LogP contribution in [0.4, 0.5) is 17.2 Å². The third-order valence-electron chi connectivity index (χ3n) is 4.80. The van der Waals surface area contributed by atoms with E-state index in [0.29, 0.717) is 18.8 Å². The average Bonchev–Trinajstić information content (AvgIpc) is 2.75. The molecule has 142 valence electrons. The summed E-state index contributed by atoms with van der Waals surface area (Å²) in [5.74, 6) is 1.00. The summed E-state index contributed by atoms with van der Waals surface area (Å²) in [6.45, 7) is 4.67. The average molecular weight is 373 g/mol. The molecule has 0 radical (unpaired) electrons. The molecule has 5 heteroatoms. The Morgan fingerprint density at radius 1 is 0.964 bits per heavy atom. The minimum atomic E-state index is 0.0661. The number of ether oxygens (including phenoxy) is 1. The Morgan fingerprint density at radius 3 is 2.36 bits per heavy atom. The maximum absolute atomic E-state index is 11.5. The van der Waals surface area contributed by atoms with Crippen LogP contribution in [0.1, 0.15) is 17.3 Å². The van der Waals surface area contributed by atoms with Gasteiger partial charge in [0.2, 0.25) is 0 Å². The molecule has 1 N–H and O–H groups in total. The second-order valence-electron chi connectivity index (χ2n) is 6.82. The van der Waals surface area contributed by atoms with Crippen molar-refractivity contribution in [3.63, 3.8) is 0 Å². The maximum atomic E-state index is 11.5. The number of carbonyl (C=O) groups excluding carboxylic acids is 1. The van der Waals surface area contributed by atoms with Crippen molar-refractivity contribution in [2.45, 2.75) is 6.92 Å². The topological polar surface area (TPSA) is 54.5 Å². The highest BCUT2D eigenvalue weighted by molar-refractivity contribution is 5.94. The Hall–Kier alpha value is -3.18. The number of hydrogen-bond acceptors (Lipinski definition) is 5. The molecule has 1 aliphatic heterocycles. The molecule has 28 heavy (non-hydrogen) atoms. The van der Waals surface area contributed by atoms with E-state index in [4.69, 9.17) is 9.72 Å². The van der Waals surface area contributed by atoms with Crippen LogP contribution < -0.4 is 10.2 Å². The van der Waals surface area contributed by atoms with Gasteiger partial charge in [-0.1, -0.05) is 30.3 Å². The van der Waals surface area contributed by atoms with Gasteiger partial charge in [-0.15, -0.1) is 0 Å². The molecule has 0 aliphatic carbocycles. The van der Waals surface area contributed by atoms with Gasteiger partial charge in [0.1, 0.15) is 5.82 Å². The Morgan fingerprint density at radius 2 is 1.68 bits per heavy atom. The first-order chi connectivity index (χ1) is 13.7. The molecule has 2 heterocycles. The molecular weight excluding hydrogens is 350 g/mol. The summed E-state index contributed by atoms with van der Waals surface area (Å²) in [6, 6.07) is 21.8. The fourth-order valence-corrected chi connectivity index (χ4v) is 3.25. The molecule has 2 aromatic carbocycles. The Balaban J connectivity index is 1.67. The summed E-state index contributed by atoms with van der Waals surface area (Å²) >= 11 is 0. The van der Waals surface area contributed by atoms with Gasteiger partial charge in [-0.05, 0) is 37.3 Å². The van der Waals surface area contributed by atoms with Crippen LogP contribution in [0.2, 0.25) is 0 Å². The molecule has 1 saturated heterocycles. The monoisotopic (exact) mass is 373 g/mol. The molecule has 0 amide bonds. The van der Waals surface area contributed by atoms with E-state index in [1.807, 2.05) is 42.5 Å². The zero-order valence-electron chi connectivity index (χ0n) is 15.9. The molecule has 1 fully saturated rings. The van der Waals surface area contributed by atoms with Gasteiger partial charge >= 0.3 is 0 Å². The number of carbonyl (C=O) groups is 1. The predicted molar refractivity (Wildman–Crippen MR) is 112 cm³/mol. The molecule has 0 saturated carbocycles. The Bertz CT molecular complexity index is 949. The highest BCUT2D eigenvalue weighted by Crippen LogP contribution is 2.28. The normalized spacial score (nSPS) is 14.0. The van der Waals surface area contributed by atoms with E-state index in [1.54, 1.807) is 6.92 Å². The standard InChI is InChI=1S/C23H23N3O2/c1-17(27)18-7-9-20(10-8-18)24-21-15-22(19-5-3-2-4-6-19)25-23(16-21)26-11-13-28-14-12-26/h2-10,15-16H,11-14H2,1H3,(H,24,25). The van der Waals surface area contributed by atoms with E-state index in [0.717, 1.165) is 41.5 Å². The van der Waals surface area contributed by atoms with Crippen molar-refractivity contribution in [2.24, 2.45) is 0 Å². The van der Waals surface area contributed by atoms with Crippen LogP contribution in [0.3, 0.4) is 0 Å². The number of ketones is 1. The van der Waals surface area contributed by atoms with Gasteiger partial charge in [-0.3, -0.25) is 4.79 Å². The Kier molecular flexibility index (Phi) is 5.35. The van der Waals surface area contributed by atoms with Crippen LogP contribution in [-0.2, 0) is 4.74 Å². The fourth-order valence-electron chi connectivity index (χ4n) is 3.25. The van der Waals surface area contributed by atoms with Crippen LogP contribution in [-0.4, -0.2) is 37.1 Å². The van der Waals surface area contributed by atoms with E-state index in [1.165, 1.54) is 0 Å². The number of nitrogens with one attached hydrogen (secondary N) is 1. The zero-order valence-corrected chi connectivity index (χ0v) is 15.9. The molecule has 0 spiro atoms. The molecule has 4 rings (SSSR count). The van der Waals surface area contributed by atoms with Gasteiger partial charge < -0.3 is 15.0 Å². The largest absolute Gasteiger partial charge is 0.378 e. The minimum Gasteiger partial charge on any atom is -0.378 e. The summed E-state index contributed by atoms with van der Waals surface area (Å²) in [4.78, 5) is 18.6. The van der Waals surface area contributed by atoms with Gasteiger partial charge in [0.05, 0.1) is 18.9 Å². The van der Waals surface area contributed by atoms with Gasteiger partial charge in [0, 0.05) is 41.7 Å². The molecule has 1 aliphatic rings. The third kappa shape index (κ3) is 4.21. The first kappa shape index (κ1) is 18.2. The van der Waals surface area contributed by atoms with Crippen molar-refractivity contribution in [2.75, 3.05) is 36.5 Å². The van der Waals surface area contributed by atoms with Gasteiger partial charge in [0.25, 0.3) is 0 Å². The maximum Gasteiger partial charge on any atom is 0.159 e. The Labute approximate surface area is 165 Å². The van der Waals surface area contributed by atoms with Crippen LogP contribution in [0.5, 0.6) is 0 Å². The fraction of sp³-hybridized carbons (Fsp3) is 0.217. The summed E-state index contributed by atoms with van der Waals surface area (Å²) in [7, 11) is 0. The lowest BCUT2D eigenvalue weighted by Gasteiger charge is -2.28. The first-order valence-corrected chi connectivity index (χ1v) is 9.47. The molecule has 0 bridgehead atoms. The van der Waals surface area contributed by atoms with E-state index in [9.17, 15) is 4.79 Å². The van der Waals surface area contributed by atoms with Gasteiger partial charge in [0.15, 0.2) is 5.78 Å². The first-order valence-electron chi connectivity index (χ1n) is 9.47. The lowest BCUT2D eigenvalue weighted by Crippen LogP contribution is -2.36. The molecule has 1 aromatic heterocycles. The van der Waals surface area contributed by atoms with E-state index in [-0.39, 0.29) is 5.78 Å². The lowest BCUT2D eigenvalue weighted by atomic mass is 10.1. The zero-order chi connectivity index (χ0) is 19.3. The van der Waals surface area contributed by atoms with E-state index >= 15 is 0 Å². The summed E-state index contributed by atoms with van der Waals surface area (Å²) in [6.07, 6.45) is 0. The number of Topliss-reactive ketones (excluding diaryl/α,β-unsaturated/α-hetero) is 1. The SMILES string of the molecule is CC(=O)c1ccc(Nc2cc(-c3ccccc3)nc(N3CCOCC3)c2)cc1. The number of rotatable bonds is 5. The smallest absolute Gasteiger partial charge is 0.159 e. The summed E-state index contributed by atoms with van der Waals surface area (Å²) < 4.78 is 5.48. The highest BCUT2D eigenvalue weighted by atomic mass is 16.5. The number of nitrogens with zero attached hydrogens (tertiary/aromatic N) is 2. The number of benzene rings is 2. The number of pyridine rings is 1. The minimum absolute atomic E-state index is 0.0661. The second kappa shape index (κ2) is 8.23. The summed E-state index contributed by atoms with van der Waals surface area (Å²) in [5.41, 5.74) is 4.60. The number of hydrogen-bond donors (Lipinski definition) is 1. The van der Waals surface area contributed by atoms with Crippen molar-refractivity contribution in [3.05, 3.63) is 72.3 Å². The molecule has 0 unspecified atom stereocenters. The molecule has 3 aromatic rings. The van der Waals surface area contributed by atoms with Gasteiger partial charge in [-0.25, -0.2) is 4.98 Å². The van der Waals surface area contributed by atoms with Crippen molar-refractivity contribution in [1.82, 2.24) is 4.98 Å². The van der Waals surface area contributed by atoms with Crippen LogP contribution in [0.15, 0.2) is 66.7 Å². The van der Waals surface area contributed by atoms with Crippen molar-refractivity contribution >= 4 is 23.0 Å². The van der Waals surface area contributed by atoms with Crippen LogP contribution in [0.25, 0.3) is 11.3 Å². The second-order valence-corrected chi connectivity index (χ2v) is 6.82. The number of aromatic nitrogens is 1. The van der Waals surface area contributed by atoms with E-state index in [2.05, 4.69) is 34.5 Å². The van der Waals surface area contributed by atoms with Crippen molar-refractivity contribution < 1.29 is 9.53 Å². The quantitative estimate of drug-likeness (QED) is 0.666. The predicted octanol–water partition coefficient (Wildman–Crippen LogP) is 4.53. The van der Waals surface area contributed by atoms with E-state index < -0.39 is 0 Å². The third-order valence-corrected chi connectivity index (χ3v) is 4.80. The van der Waals surface area contributed by atoms with Crippen molar-refractivity contribution in [3.8, 4) is 11.3 Å². The number of anilines is 3. The number of morpholine rings is 1. The lowest BCUT2D eigenvalue weighted by molar-refractivity contribution is 0.101. The molecule has 5 nitrogen and oxygen atoms in total. The summed E-state index contributed by atoms with van der Waals surface area (Å²) in [5, 5.41) is 3.45. The van der Waals surface area contributed by atoms with Gasteiger partial charge in [-0.2, -0.15) is 0 Å². The van der Waals surface area contributed by atoms with Crippen molar-refractivity contribution in [1.29, 1.82) is 0 Å². The highest BCUT2D eigenvalue weighted by Gasteiger charge is 2.15. The van der Waals surface area contributed by atoms with Crippen LogP contribution in [0, 0.1) is 0 Å². The molecular formula is C23H23N3O2. The molecule has 0 atom stereocenters. The van der Waals surface area contributed by atoms with Crippen LogP contribution >= 0.6 is 0 Å².